The van der Waals surface area contributed by atoms with Gasteiger partial charge in [-0.05, 0) is 15.9 Å². The zero-order valence-corrected chi connectivity index (χ0v) is 8.28. The minimum Gasteiger partial charge on any atom is -0.287 e. The van der Waals surface area contributed by atoms with Gasteiger partial charge in [0, 0.05) is 11.6 Å². The third-order valence-electron chi connectivity index (χ3n) is 1.75. The lowest BCUT2D eigenvalue weighted by atomic mass is 10.1. The Hall–Kier alpha value is -1.22. The number of carbonyl (C=O) groups excluding carboxylic acids is 1. The molecule has 1 aliphatic rings. The van der Waals surface area contributed by atoms with Crippen LogP contribution in [0.15, 0.2) is 46.0 Å². The first-order chi connectivity index (χ1) is 6.27. The van der Waals surface area contributed by atoms with Crippen molar-refractivity contribution in [2.24, 2.45) is 4.99 Å². The molecule has 0 spiro atoms. The van der Waals surface area contributed by atoms with E-state index in [0.29, 0.717) is 11.3 Å². The number of halogens is 1. The molecule has 1 aromatic rings. The monoisotopic (exact) mass is 235 g/mol. The molecule has 3 heteroatoms. The standard InChI is InChI=1S/C10H6BrNO/c11-9-6-8(12-9)10(13)7-4-2-1-3-5-7/h1-6H. The fraction of sp³-hybridized carbons (Fsp3) is 0. The second-order valence-electron chi connectivity index (χ2n) is 2.66. The number of nitrogens with zero attached hydrogens (tertiary/aromatic N) is 1. The lowest BCUT2D eigenvalue weighted by molar-refractivity contribution is 0.106. The van der Waals surface area contributed by atoms with Crippen LogP contribution in [0.4, 0.5) is 0 Å². The molecule has 13 heavy (non-hydrogen) atoms. The number of ketones is 1. The Bertz CT molecular complexity index is 406. The highest BCUT2D eigenvalue weighted by molar-refractivity contribution is 9.11. The summed E-state index contributed by atoms with van der Waals surface area (Å²) in [6.07, 6.45) is 1.72. The van der Waals surface area contributed by atoms with Gasteiger partial charge >= 0.3 is 0 Å². The summed E-state index contributed by atoms with van der Waals surface area (Å²) >= 11 is 3.16. The van der Waals surface area contributed by atoms with Crippen LogP contribution in [-0.2, 0) is 0 Å². The topological polar surface area (TPSA) is 29.4 Å². The molecule has 0 N–H and O–H groups in total. The molecule has 0 bridgehead atoms. The quantitative estimate of drug-likeness (QED) is 0.573. The van der Waals surface area contributed by atoms with Gasteiger partial charge in [-0.1, -0.05) is 30.3 Å². The number of aliphatic imine (C=N–C) groups is 1. The molecule has 1 aliphatic heterocycles. The molecule has 0 saturated carbocycles. The molecule has 64 valence electrons. The Kier molecular flexibility index (Phi) is 2.10. The smallest absolute Gasteiger partial charge is 0.211 e. The van der Waals surface area contributed by atoms with E-state index in [0.717, 1.165) is 4.61 Å². The Morgan fingerprint density at radius 1 is 1.23 bits per heavy atom. The molecule has 0 aromatic heterocycles. The van der Waals surface area contributed by atoms with Crippen molar-refractivity contribution in [3.8, 4) is 0 Å². The fourth-order valence-electron chi connectivity index (χ4n) is 1.08. The third kappa shape index (κ3) is 1.60. The zero-order chi connectivity index (χ0) is 9.26. The second kappa shape index (κ2) is 3.26. The van der Waals surface area contributed by atoms with Gasteiger partial charge in [-0.2, -0.15) is 0 Å². The van der Waals surface area contributed by atoms with E-state index in [1.165, 1.54) is 0 Å². The van der Waals surface area contributed by atoms with Crippen molar-refractivity contribution in [2.75, 3.05) is 0 Å². The van der Waals surface area contributed by atoms with Gasteiger partial charge in [-0.15, -0.1) is 0 Å². The molecule has 0 atom stereocenters. The predicted molar refractivity (Wildman–Crippen MR) is 55.2 cm³/mol. The molecule has 0 amide bonds. The number of Topliss-reactive ketones (excluding diaryl/α,β-unsaturated/α-hetero) is 1. The summed E-state index contributed by atoms with van der Waals surface area (Å²) in [6.45, 7) is 0. The van der Waals surface area contributed by atoms with Crippen LogP contribution in [0.5, 0.6) is 0 Å². The minimum atomic E-state index is -0.0243. The van der Waals surface area contributed by atoms with Crippen LogP contribution in [0.2, 0.25) is 0 Å². The first-order valence-corrected chi connectivity index (χ1v) is 4.62. The van der Waals surface area contributed by atoms with Crippen molar-refractivity contribution >= 4 is 27.4 Å². The molecule has 0 radical (unpaired) electrons. The van der Waals surface area contributed by atoms with E-state index in [1.54, 1.807) is 18.2 Å². The molecule has 0 fully saturated rings. The number of benzene rings is 1. The van der Waals surface area contributed by atoms with E-state index in [4.69, 9.17) is 0 Å². The van der Waals surface area contributed by atoms with Crippen molar-refractivity contribution in [2.45, 2.75) is 0 Å². The number of carbonyl (C=O) groups is 1. The van der Waals surface area contributed by atoms with Gasteiger partial charge in [0.25, 0.3) is 0 Å². The second-order valence-corrected chi connectivity index (χ2v) is 3.47. The van der Waals surface area contributed by atoms with Crippen LogP contribution in [0.3, 0.4) is 0 Å². The van der Waals surface area contributed by atoms with E-state index in [-0.39, 0.29) is 5.78 Å². The first-order valence-electron chi connectivity index (χ1n) is 3.83. The van der Waals surface area contributed by atoms with Crippen LogP contribution in [0.1, 0.15) is 10.4 Å². The molecule has 1 heterocycles. The van der Waals surface area contributed by atoms with Gasteiger partial charge in [0.1, 0.15) is 10.3 Å². The van der Waals surface area contributed by atoms with Crippen LogP contribution in [0, 0.1) is 0 Å². The van der Waals surface area contributed by atoms with Gasteiger partial charge in [-0.3, -0.25) is 4.79 Å². The summed E-state index contributed by atoms with van der Waals surface area (Å²) in [5.74, 6) is -0.0243. The lowest BCUT2D eigenvalue weighted by Gasteiger charge is -2.07. The molecule has 2 nitrogen and oxygen atoms in total. The molecule has 2 rings (SSSR count). The van der Waals surface area contributed by atoms with Crippen molar-refractivity contribution in [3.63, 3.8) is 0 Å². The molecule has 0 unspecified atom stereocenters. The summed E-state index contributed by atoms with van der Waals surface area (Å²) in [5.41, 5.74) is 1.19. The number of hydrogen-bond donors (Lipinski definition) is 0. The van der Waals surface area contributed by atoms with Gasteiger partial charge in [-0.25, -0.2) is 4.99 Å². The maximum absolute atomic E-state index is 11.6. The molecular formula is C10H6BrNO. The SMILES string of the molecule is O=C(C1=NC(Br)=C1)c1ccccc1. The summed E-state index contributed by atoms with van der Waals surface area (Å²) in [6, 6.07) is 9.12. The zero-order valence-electron chi connectivity index (χ0n) is 6.70. The Labute approximate surface area is 84.1 Å². The normalized spacial score (nSPS) is 14.2. The number of rotatable bonds is 2. The first kappa shape index (κ1) is 8.38. The summed E-state index contributed by atoms with van der Waals surface area (Å²) in [5, 5.41) is 0. The number of allylic oxidation sites excluding steroid dienone is 1. The van der Waals surface area contributed by atoms with E-state index >= 15 is 0 Å². The summed E-state index contributed by atoms with van der Waals surface area (Å²) in [7, 11) is 0. The maximum Gasteiger partial charge on any atom is 0.211 e. The van der Waals surface area contributed by atoms with Gasteiger partial charge < -0.3 is 0 Å². The Morgan fingerprint density at radius 2 is 1.85 bits per heavy atom. The summed E-state index contributed by atoms with van der Waals surface area (Å²) in [4.78, 5) is 15.5. The average Bonchev–Trinajstić information content (AvgIpc) is 2.13. The maximum atomic E-state index is 11.6. The predicted octanol–water partition coefficient (Wildman–Crippen LogP) is 2.56. The van der Waals surface area contributed by atoms with Gasteiger partial charge in [0.15, 0.2) is 0 Å². The average molecular weight is 236 g/mol. The van der Waals surface area contributed by atoms with Crippen molar-refractivity contribution < 1.29 is 4.79 Å². The Balaban J connectivity index is 2.21. The number of hydrogen-bond acceptors (Lipinski definition) is 2. The highest BCUT2D eigenvalue weighted by atomic mass is 79.9. The van der Waals surface area contributed by atoms with Crippen LogP contribution < -0.4 is 0 Å². The minimum absolute atomic E-state index is 0.0243. The van der Waals surface area contributed by atoms with Crippen LogP contribution in [0.25, 0.3) is 0 Å². The highest BCUT2D eigenvalue weighted by Gasteiger charge is 2.17. The van der Waals surface area contributed by atoms with E-state index in [9.17, 15) is 4.79 Å². The molecular weight excluding hydrogens is 230 g/mol. The van der Waals surface area contributed by atoms with Gasteiger partial charge in [0.2, 0.25) is 5.78 Å². The lowest BCUT2D eigenvalue weighted by Crippen LogP contribution is -2.16. The molecule has 0 saturated heterocycles. The van der Waals surface area contributed by atoms with Crippen LogP contribution in [-0.4, -0.2) is 11.5 Å². The van der Waals surface area contributed by atoms with Crippen LogP contribution >= 0.6 is 15.9 Å². The van der Waals surface area contributed by atoms with E-state index in [2.05, 4.69) is 20.9 Å². The Morgan fingerprint density at radius 3 is 2.38 bits per heavy atom. The third-order valence-corrected chi connectivity index (χ3v) is 2.16. The summed E-state index contributed by atoms with van der Waals surface area (Å²) < 4.78 is 0.729. The highest BCUT2D eigenvalue weighted by Crippen LogP contribution is 2.18. The molecule has 0 aliphatic carbocycles. The van der Waals surface area contributed by atoms with E-state index in [1.807, 2.05) is 18.2 Å². The fourth-order valence-corrected chi connectivity index (χ4v) is 1.49. The van der Waals surface area contributed by atoms with Crippen molar-refractivity contribution in [1.29, 1.82) is 0 Å². The van der Waals surface area contributed by atoms with Gasteiger partial charge in [0.05, 0.1) is 0 Å². The van der Waals surface area contributed by atoms with Crippen molar-refractivity contribution in [1.82, 2.24) is 0 Å². The largest absolute Gasteiger partial charge is 0.287 e. The van der Waals surface area contributed by atoms with Crippen molar-refractivity contribution in [3.05, 3.63) is 46.6 Å². The molecule has 1 aromatic carbocycles. The van der Waals surface area contributed by atoms with E-state index < -0.39 is 0 Å².